The number of carbonyl (C=O) groups is 1. The molecule has 0 atom stereocenters. The molecular formula is C22H19ClN2O3S3. The molecule has 9 heteroatoms. The fourth-order valence-corrected chi connectivity index (χ4v) is 6.71. The molecule has 0 saturated heterocycles. The zero-order chi connectivity index (χ0) is 22.2. The molecule has 0 fully saturated rings. The lowest BCUT2D eigenvalue weighted by Gasteiger charge is -2.07. The number of anilines is 1. The summed E-state index contributed by atoms with van der Waals surface area (Å²) in [7, 11) is -3.57. The average molecular weight is 491 g/mol. The fraction of sp³-hybridized carbons (Fsp3) is 0.182. The number of thiazole rings is 1. The lowest BCUT2D eigenvalue weighted by molar-refractivity contribution is -0.115. The first kappa shape index (κ1) is 22.0. The van der Waals surface area contributed by atoms with Crippen molar-refractivity contribution in [1.29, 1.82) is 0 Å². The summed E-state index contributed by atoms with van der Waals surface area (Å²) < 4.78 is 26.1. The quantitative estimate of drug-likeness (QED) is 0.354. The predicted molar refractivity (Wildman–Crippen MR) is 129 cm³/mol. The Labute approximate surface area is 193 Å². The molecule has 1 amide bonds. The second kappa shape index (κ2) is 8.70. The van der Waals surface area contributed by atoms with Gasteiger partial charge in [-0.15, -0.1) is 22.7 Å². The van der Waals surface area contributed by atoms with Gasteiger partial charge >= 0.3 is 0 Å². The van der Waals surface area contributed by atoms with Crippen LogP contribution in [0.25, 0.3) is 20.8 Å². The number of nitrogens with one attached hydrogen (secondary N) is 1. The number of aryl methyl sites for hydroxylation is 1. The second-order valence-corrected chi connectivity index (χ2v) is 11.8. The summed E-state index contributed by atoms with van der Waals surface area (Å²) in [5, 5.41) is 4.91. The number of thiophene rings is 1. The number of halogens is 1. The van der Waals surface area contributed by atoms with Gasteiger partial charge in [-0.2, -0.15) is 0 Å². The van der Waals surface area contributed by atoms with Gasteiger partial charge in [0, 0.05) is 21.9 Å². The van der Waals surface area contributed by atoms with Crippen LogP contribution in [0.5, 0.6) is 0 Å². The van der Waals surface area contributed by atoms with Crippen LogP contribution < -0.4 is 5.32 Å². The van der Waals surface area contributed by atoms with Crippen molar-refractivity contribution in [2.75, 3.05) is 11.1 Å². The normalized spacial score (nSPS) is 11.7. The van der Waals surface area contributed by atoms with Gasteiger partial charge in [-0.3, -0.25) is 4.79 Å². The highest BCUT2D eigenvalue weighted by Crippen LogP contribution is 2.43. The topological polar surface area (TPSA) is 76.1 Å². The Morgan fingerprint density at radius 2 is 1.77 bits per heavy atom. The van der Waals surface area contributed by atoms with Crippen LogP contribution in [0.15, 0.2) is 53.4 Å². The molecular weight excluding hydrogens is 472 g/mol. The number of nitrogens with zero attached hydrogens (tertiary/aromatic N) is 1. The van der Waals surface area contributed by atoms with Crippen LogP contribution in [-0.4, -0.2) is 25.1 Å². The SMILES string of the molecule is Cc1sc(NC(=O)CCS(=O)(=O)c2ccc(Cl)cc2)c(-c2nc3ccccc3s2)c1C. The van der Waals surface area contributed by atoms with Crippen LogP contribution in [0, 0.1) is 13.8 Å². The van der Waals surface area contributed by atoms with Crippen LogP contribution in [0.3, 0.4) is 0 Å². The van der Waals surface area contributed by atoms with Crippen LogP contribution in [-0.2, 0) is 14.6 Å². The zero-order valence-corrected chi connectivity index (χ0v) is 20.0. The molecule has 0 saturated carbocycles. The number of carbonyl (C=O) groups excluding carboxylic acids is 1. The number of benzene rings is 2. The first-order valence-corrected chi connectivity index (χ1v) is 13.1. The van der Waals surface area contributed by atoms with Gasteiger partial charge in [0.1, 0.15) is 10.0 Å². The van der Waals surface area contributed by atoms with Crippen LogP contribution in [0.4, 0.5) is 5.00 Å². The Balaban J connectivity index is 1.53. The van der Waals surface area contributed by atoms with E-state index in [4.69, 9.17) is 16.6 Å². The highest BCUT2D eigenvalue weighted by atomic mass is 35.5. The Morgan fingerprint density at radius 1 is 1.06 bits per heavy atom. The van der Waals surface area contributed by atoms with E-state index in [1.807, 2.05) is 38.1 Å². The maximum atomic E-state index is 12.6. The lowest BCUT2D eigenvalue weighted by atomic mass is 10.1. The van der Waals surface area contributed by atoms with Gasteiger partial charge in [-0.1, -0.05) is 23.7 Å². The monoisotopic (exact) mass is 490 g/mol. The van der Waals surface area contributed by atoms with Gasteiger partial charge in [0.2, 0.25) is 5.91 Å². The summed E-state index contributed by atoms with van der Waals surface area (Å²) >= 11 is 8.87. The minimum atomic E-state index is -3.57. The summed E-state index contributed by atoms with van der Waals surface area (Å²) in [6.45, 7) is 4.01. The van der Waals surface area contributed by atoms with E-state index in [0.717, 1.165) is 31.2 Å². The maximum Gasteiger partial charge on any atom is 0.226 e. The number of aromatic nitrogens is 1. The third-order valence-corrected chi connectivity index (χ3v) is 9.08. The summed E-state index contributed by atoms with van der Waals surface area (Å²) in [5.74, 6) is -0.624. The third-order valence-electron chi connectivity index (χ3n) is 4.92. The van der Waals surface area contributed by atoms with E-state index in [1.165, 1.54) is 35.6 Å². The molecule has 0 aliphatic carbocycles. The Morgan fingerprint density at radius 3 is 2.48 bits per heavy atom. The highest BCUT2D eigenvalue weighted by molar-refractivity contribution is 7.91. The number of para-hydroxylation sites is 1. The van der Waals surface area contributed by atoms with Crippen molar-refractivity contribution < 1.29 is 13.2 Å². The molecule has 31 heavy (non-hydrogen) atoms. The molecule has 0 aliphatic rings. The molecule has 2 aromatic heterocycles. The van der Waals surface area contributed by atoms with Crippen molar-refractivity contribution in [1.82, 2.24) is 4.98 Å². The molecule has 4 rings (SSSR count). The van der Waals surface area contributed by atoms with Crippen LogP contribution >= 0.6 is 34.3 Å². The van der Waals surface area contributed by atoms with E-state index in [1.54, 1.807) is 11.3 Å². The van der Waals surface area contributed by atoms with E-state index in [2.05, 4.69) is 5.32 Å². The van der Waals surface area contributed by atoms with Crippen LogP contribution in [0.2, 0.25) is 5.02 Å². The molecule has 0 unspecified atom stereocenters. The summed E-state index contributed by atoms with van der Waals surface area (Å²) in [5.41, 5.74) is 2.88. The summed E-state index contributed by atoms with van der Waals surface area (Å²) in [6, 6.07) is 13.8. The molecule has 160 valence electrons. The lowest BCUT2D eigenvalue weighted by Crippen LogP contribution is -2.17. The minimum Gasteiger partial charge on any atom is -0.317 e. The van der Waals surface area contributed by atoms with E-state index in [-0.39, 0.29) is 23.0 Å². The van der Waals surface area contributed by atoms with E-state index < -0.39 is 9.84 Å². The molecule has 0 bridgehead atoms. The van der Waals surface area contributed by atoms with Gasteiger partial charge in [0.05, 0.1) is 20.9 Å². The number of rotatable bonds is 6. The Bertz CT molecular complexity index is 1340. The number of fused-ring (bicyclic) bond motifs is 1. The van der Waals surface area contributed by atoms with Crippen LogP contribution in [0.1, 0.15) is 16.9 Å². The Hall–Kier alpha value is -2.26. The Kier molecular flexibility index (Phi) is 6.16. The van der Waals surface area contributed by atoms with Crippen molar-refractivity contribution in [3.8, 4) is 10.6 Å². The average Bonchev–Trinajstić information content (AvgIpc) is 3.27. The largest absolute Gasteiger partial charge is 0.317 e. The second-order valence-electron chi connectivity index (χ2n) is 7.05. The smallest absolute Gasteiger partial charge is 0.226 e. The van der Waals surface area contributed by atoms with Gasteiger partial charge in [-0.25, -0.2) is 13.4 Å². The van der Waals surface area contributed by atoms with E-state index in [9.17, 15) is 13.2 Å². The number of amides is 1. The fourth-order valence-electron chi connectivity index (χ4n) is 3.13. The number of sulfone groups is 1. The van der Waals surface area contributed by atoms with Gasteiger partial charge < -0.3 is 5.32 Å². The molecule has 2 aromatic carbocycles. The van der Waals surface area contributed by atoms with Gasteiger partial charge in [0.15, 0.2) is 9.84 Å². The molecule has 4 aromatic rings. The van der Waals surface area contributed by atoms with Gasteiger partial charge in [-0.05, 0) is 55.8 Å². The van der Waals surface area contributed by atoms with Crippen molar-refractivity contribution in [3.63, 3.8) is 0 Å². The molecule has 0 aliphatic heterocycles. The van der Waals surface area contributed by atoms with Gasteiger partial charge in [0.25, 0.3) is 0 Å². The van der Waals surface area contributed by atoms with E-state index in [0.29, 0.717) is 10.0 Å². The first-order chi connectivity index (χ1) is 14.7. The van der Waals surface area contributed by atoms with Crippen molar-refractivity contribution in [2.45, 2.75) is 25.2 Å². The number of hydrogen-bond donors (Lipinski definition) is 1. The predicted octanol–water partition coefficient (Wildman–Crippen LogP) is 6.10. The molecule has 0 spiro atoms. The molecule has 5 nitrogen and oxygen atoms in total. The standard InChI is InChI=1S/C22H19ClN2O3S3/c1-13-14(2)29-22(20(13)21-24-17-5-3-4-6-18(17)30-21)25-19(26)11-12-31(27,28)16-9-7-15(23)8-10-16/h3-10H,11-12H2,1-2H3,(H,25,26). The molecule has 2 heterocycles. The minimum absolute atomic E-state index is 0.139. The maximum absolute atomic E-state index is 12.6. The van der Waals surface area contributed by atoms with E-state index >= 15 is 0 Å². The van der Waals surface area contributed by atoms with Crippen molar-refractivity contribution >= 4 is 65.2 Å². The highest BCUT2D eigenvalue weighted by Gasteiger charge is 2.21. The number of hydrogen-bond acceptors (Lipinski definition) is 6. The first-order valence-electron chi connectivity index (χ1n) is 9.49. The van der Waals surface area contributed by atoms with Crippen molar-refractivity contribution in [2.24, 2.45) is 0 Å². The third kappa shape index (κ3) is 4.67. The van der Waals surface area contributed by atoms with Crippen molar-refractivity contribution in [3.05, 3.63) is 64.0 Å². The molecule has 1 N–H and O–H groups in total. The summed E-state index contributed by atoms with van der Waals surface area (Å²) in [4.78, 5) is 18.6. The molecule has 0 radical (unpaired) electrons. The summed E-state index contributed by atoms with van der Waals surface area (Å²) in [6.07, 6.45) is -0.139. The zero-order valence-electron chi connectivity index (χ0n) is 16.8.